The number of carboxylic acids is 1. The van der Waals surface area contributed by atoms with E-state index in [1.54, 1.807) is 7.11 Å². The van der Waals surface area contributed by atoms with Crippen molar-refractivity contribution in [3.8, 4) is 5.75 Å². The molecule has 2 N–H and O–H groups in total. The topological polar surface area (TPSA) is 112 Å². The molecular weight excluding hydrogens is 338 g/mol. The maximum atomic E-state index is 10.2. The number of hydrogen-bond acceptors (Lipinski definition) is 6. The van der Waals surface area contributed by atoms with E-state index >= 15 is 0 Å². The van der Waals surface area contributed by atoms with E-state index in [1.807, 2.05) is 12.1 Å². The molecule has 3 rings (SSSR count). The average molecular weight is 359 g/mol. The number of nitro groups is 1. The molecular formula is C18H21N3O5. The van der Waals surface area contributed by atoms with Gasteiger partial charge in [0.25, 0.3) is 5.69 Å². The summed E-state index contributed by atoms with van der Waals surface area (Å²) in [5.41, 5.74) is 1.02. The van der Waals surface area contributed by atoms with E-state index in [2.05, 4.69) is 22.3 Å². The number of anilines is 1. The second-order valence-electron chi connectivity index (χ2n) is 5.62. The summed E-state index contributed by atoms with van der Waals surface area (Å²) < 4.78 is 5.35. The Morgan fingerprint density at radius 2 is 1.73 bits per heavy atom. The fourth-order valence-corrected chi connectivity index (χ4v) is 2.60. The van der Waals surface area contributed by atoms with Crippen LogP contribution < -0.4 is 20.1 Å². The number of methoxy groups -OCH3 is 1. The van der Waals surface area contributed by atoms with Crippen LogP contribution >= 0.6 is 0 Å². The van der Waals surface area contributed by atoms with Crippen LogP contribution in [0.3, 0.4) is 0 Å². The molecule has 138 valence electrons. The number of nitrogens with zero attached hydrogens (tertiary/aromatic N) is 2. The van der Waals surface area contributed by atoms with Crippen molar-refractivity contribution in [3.05, 3.63) is 64.2 Å². The number of carboxylic acid groups (broad SMARTS) is 1. The highest BCUT2D eigenvalue weighted by Crippen LogP contribution is 2.27. The number of nitrogens with two attached hydrogens (primary N) is 1. The SMILES string of the molecule is COc1ccccc1N1CC[NH2+]CC1.O=C([O-])c1ccc([N+](=O)[O-])cc1. The van der Waals surface area contributed by atoms with E-state index in [-0.39, 0.29) is 11.3 Å². The molecule has 8 nitrogen and oxygen atoms in total. The van der Waals surface area contributed by atoms with Crippen molar-refractivity contribution in [2.24, 2.45) is 0 Å². The van der Waals surface area contributed by atoms with Crippen LogP contribution in [0.15, 0.2) is 48.5 Å². The molecule has 0 aliphatic carbocycles. The number of carbonyl (C=O) groups excluding carboxylic acids is 1. The van der Waals surface area contributed by atoms with Gasteiger partial charge in [-0.1, -0.05) is 12.1 Å². The van der Waals surface area contributed by atoms with Gasteiger partial charge in [-0.15, -0.1) is 0 Å². The highest BCUT2D eigenvalue weighted by Gasteiger charge is 2.15. The van der Waals surface area contributed by atoms with Crippen molar-refractivity contribution in [3.63, 3.8) is 0 Å². The number of rotatable bonds is 4. The molecule has 0 spiro atoms. The van der Waals surface area contributed by atoms with E-state index < -0.39 is 10.9 Å². The largest absolute Gasteiger partial charge is 0.545 e. The van der Waals surface area contributed by atoms with Gasteiger partial charge in [-0.25, -0.2) is 0 Å². The van der Waals surface area contributed by atoms with Gasteiger partial charge < -0.3 is 24.9 Å². The maximum Gasteiger partial charge on any atom is 0.269 e. The maximum absolute atomic E-state index is 10.2. The van der Waals surface area contributed by atoms with Crippen LogP contribution in [0.1, 0.15) is 10.4 Å². The molecule has 0 unspecified atom stereocenters. The summed E-state index contributed by atoms with van der Waals surface area (Å²) in [6.45, 7) is 4.58. The van der Waals surface area contributed by atoms with Crippen molar-refractivity contribution in [2.45, 2.75) is 0 Å². The molecule has 8 heteroatoms. The number of quaternary nitrogens is 1. The Morgan fingerprint density at radius 3 is 2.27 bits per heavy atom. The highest BCUT2D eigenvalue weighted by molar-refractivity contribution is 5.85. The minimum atomic E-state index is -1.34. The zero-order valence-corrected chi connectivity index (χ0v) is 14.5. The van der Waals surface area contributed by atoms with E-state index in [1.165, 1.54) is 18.8 Å². The van der Waals surface area contributed by atoms with Crippen LogP contribution in [0.25, 0.3) is 0 Å². The lowest BCUT2D eigenvalue weighted by molar-refractivity contribution is -0.655. The van der Waals surface area contributed by atoms with Gasteiger partial charge in [-0.2, -0.15) is 0 Å². The molecule has 1 saturated heterocycles. The number of nitro benzene ring substituents is 1. The monoisotopic (exact) mass is 359 g/mol. The molecule has 0 aromatic heterocycles. The van der Waals surface area contributed by atoms with Gasteiger partial charge in [0.15, 0.2) is 0 Å². The van der Waals surface area contributed by atoms with Gasteiger partial charge in [0.05, 0.1) is 49.9 Å². The summed E-state index contributed by atoms with van der Waals surface area (Å²) in [5, 5.41) is 22.7. The van der Waals surface area contributed by atoms with Crippen molar-refractivity contribution < 1.29 is 24.9 Å². The predicted octanol–water partition coefficient (Wildman–Crippen LogP) is 0.0369. The third-order valence-corrected chi connectivity index (χ3v) is 3.95. The number of carbonyl (C=O) groups is 1. The normalized spacial score (nSPS) is 13.3. The second kappa shape index (κ2) is 9.38. The number of non-ortho nitro benzene ring substituents is 1. The van der Waals surface area contributed by atoms with Gasteiger partial charge in [0.2, 0.25) is 0 Å². The Kier molecular flexibility index (Phi) is 6.92. The summed E-state index contributed by atoms with van der Waals surface area (Å²) in [7, 11) is 1.73. The van der Waals surface area contributed by atoms with Crippen LogP contribution in [0.2, 0.25) is 0 Å². The van der Waals surface area contributed by atoms with Crippen LogP contribution in [0.4, 0.5) is 11.4 Å². The molecule has 26 heavy (non-hydrogen) atoms. The van der Waals surface area contributed by atoms with E-state index in [4.69, 9.17) is 4.74 Å². The molecule has 2 aromatic rings. The number of aromatic carboxylic acids is 1. The molecule has 1 heterocycles. The Balaban J connectivity index is 0.000000190. The second-order valence-corrected chi connectivity index (χ2v) is 5.62. The Hall–Kier alpha value is -3.13. The molecule has 1 fully saturated rings. The number of ether oxygens (including phenoxy) is 1. The molecule has 0 atom stereocenters. The van der Waals surface area contributed by atoms with Crippen molar-refractivity contribution in [1.29, 1.82) is 0 Å². The lowest BCUT2D eigenvalue weighted by Gasteiger charge is -2.28. The number of para-hydroxylation sites is 2. The summed E-state index contributed by atoms with van der Waals surface area (Å²) in [4.78, 5) is 22.1. The Bertz CT molecular complexity index is 710. The molecule has 0 saturated carbocycles. The quantitative estimate of drug-likeness (QED) is 0.609. The molecule has 1 aliphatic heterocycles. The van der Waals surface area contributed by atoms with Crippen molar-refractivity contribution >= 4 is 17.3 Å². The van der Waals surface area contributed by atoms with Crippen LogP contribution in [0.5, 0.6) is 5.75 Å². The van der Waals surface area contributed by atoms with Gasteiger partial charge in [0, 0.05) is 12.1 Å². The summed E-state index contributed by atoms with van der Waals surface area (Å²) in [5.74, 6) is -0.362. The van der Waals surface area contributed by atoms with Crippen molar-refractivity contribution in [1.82, 2.24) is 0 Å². The third-order valence-electron chi connectivity index (χ3n) is 3.95. The summed E-state index contributed by atoms with van der Waals surface area (Å²) in [6.07, 6.45) is 0. The van der Waals surface area contributed by atoms with E-state index in [0.29, 0.717) is 0 Å². The van der Waals surface area contributed by atoms with Gasteiger partial charge in [-0.3, -0.25) is 10.1 Å². The first-order valence-corrected chi connectivity index (χ1v) is 8.18. The molecule has 0 bridgehead atoms. The van der Waals surface area contributed by atoms with Crippen LogP contribution in [-0.2, 0) is 0 Å². The van der Waals surface area contributed by atoms with Crippen molar-refractivity contribution in [2.75, 3.05) is 38.2 Å². The number of benzene rings is 2. The summed E-state index contributed by atoms with van der Waals surface area (Å²) in [6, 6.07) is 12.7. The lowest BCUT2D eigenvalue weighted by Crippen LogP contribution is -2.89. The smallest absolute Gasteiger partial charge is 0.269 e. The fourth-order valence-electron chi connectivity index (χ4n) is 2.60. The molecule has 2 aromatic carbocycles. The van der Waals surface area contributed by atoms with Gasteiger partial charge >= 0.3 is 0 Å². The first kappa shape index (κ1) is 19.2. The van der Waals surface area contributed by atoms with E-state index in [9.17, 15) is 20.0 Å². The fraction of sp³-hybridized carbons (Fsp3) is 0.278. The van der Waals surface area contributed by atoms with E-state index in [0.717, 1.165) is 43.1 Å². The molecule has 0 amide bonds. The minimum Gasteiger partial charge on any atom is -0.545 e. The number of piperazine rings is 1. The lowest BCUT2D eigenvalue weighted by atomic mass is 10.2. The van der Waals surface area contributed by atoms with Gasteiger partial charge in [-0.05, 0) is 29.8 Å². The molecule has 0 radical (unpaired) electrons. The highest BCUT2D eigenvalue weighted by atomic mass is 16.6. The molecule has 1 aliphatic rings. The Morgan fingerprint density at radius 1 is 1.12 bits per heavy atom. The summed E-state index contributed by atoms with van der Waals surface area (Å²) >= 11 is 0. The minimum absolute atomic E-state index is 0.0689. The Labute approximate surface area is 151 Å². The first-order valence-electron chi connectivity index (χ1n) is 8.18. The average Bonchev–Trinajstić information content (AvgIpc) is 2.69. The third kappa shape index (κ3) is 5.18. The van der Waals surface area contributed by atoms with Gasteiger partial charge in [0.1, 0.15) is 5.75 Å². The predicted molar refractivity (Wildman–Crippen MR) is 94.3 cm³/mol. The number of hydrogen-bond donors (Lipinski definition) is 1. The zero-order chi connectivity index (χ0) is 18.9. The van der Waals surface area contributed by atoms with Crippen LogP contribution in [0, 0.1) is 10.1 Å². The standard InChI is InChI=1S/C11H16N2O.C7H5NO4/c1-14-11-5-3-2-4-10(11)13-8-6-12-7-9-13;9-7(10)5-1-3-6(4-2-5)8(11)12/h2-5,12H,6-9H2,1H3;1-4H,(H,9,10). The van der Waals surface area contributed by atoms with Crippen LogP contribution in [-0.4, -0.2) is 44.2 Å². The first-order chi connectivity index (χ1) is 12.5. The zero-order valence-electron chi connectivity index (χ0n) is 14.5.